The fourth-order valence-corrected chi connectivity index (χ4v) is 9.19. The van der Waals surface area contributed by atoms with E-state index in [1.54, 1.807) is 11.9 Å². The molecule has 3 atom stereocenters. The summed E-state index contributed by atoms with van der Waals surface area (Å²) in [6.45, 7) is 2.19. The summed E-state index contributed by atoms with van der Waals surface area (Å²) in [6, 6.07) is 4.15. The summed E-state index contributed by atoms with van der Waals surface area (Å²) in [5, 5.41) is 10.3. The lowest BCUT2D eigenvalue weighted by Crippen LogP contribution is -2.43. The van der Waals surface area contributed by atoms with Crippen molar-refractivity contribution in [3.63, 3.8) is 0 Å². The minimum absolute atomic E-state index is 0.0142. The average Bonchev–Trinajstić information content (AvgIpc) is 3.67. The maximum absolute atomic E-state index is 17.2. The number of hydrogen-bond donors (Lipinski definition) is 1. The number of carbonyl (C=O) groups excluding carboxylic acids is 1. The molecule has 250 valence electrons. The highest BCUT2D eigenvalue weighted by Gasteiger charge is 2.49. The second-order valence-electron chi connectivity index (χ2n) is 13.0. The van der Waals surface area contributed by atoms with Crippen molar-refractivity contribution in [2.45, 2.75) is 49.9 Å². The number of ether oxygens (including phenoxy) is 2. The van der Waals surface area contributed by atoms with E-state index < -0.39 is 23.3 Å². The molecule has 8 rings (SSSR count). The van der Waals surface area contributed by atoms with Gasteiger partial charge in [0.25, 0.3) is 0 Å². The molecule has 2 aromatic carbocycles. The minimum Gasteiger partial charge on any atom is -0.491 e. The Morgan fingerprint density at radius 2 is 2.08 bits per heavy atom. The van der Waals surface area contributed by atoms with Gasteiger partial charge in [-0.2, -0.15) is 15.2 Å². The number of nitrogens with zero attached hydrogens (tertiary/aromatic N) is 6. The molecule has 1 amide bonds. The number of halogens is 4. The van der Waals surface area contributed by atoms with Crippen molar-refractivity contribution in [2.75, 3.05) is 57.1 Å². The molecule has 10 nitrogen and oxygen atoms in total. The molecule has 2 N–H and O–H groups in total. The number of aromatic nitrogens is 2. The summed E-state index contributed by atoms with van der Waals surface area (Å²) in [7, 11) is 1.74. The lowest BCUT2D eigenvalue weighted by molar-refractivity contribution is -0.129. The number of rotatable bonds is 4. The summed E-state index contributed by atoms with van der Waals surface area (Å²) >= 11 is 7.93. The van der Waals surface area contributed by atoms with Gasteiger partial charge in [-0.1, -0.05) is 17.7 Å². The van der Waals surface area contributed by atoms with Crippen LogP contribution < -0.4 is 20.1 Å². The van der Waals surface area contributed by atoms with Gasteiger partial charge in [-0.3, -0.25) is 9.69 Å². The van der Waals surface area contributed by atoms with Crippen LogP contribution in [-0.2, 0) is 4.79 Å². The van der Waals surface area contributed by atoms with Crippen molar-refractivity contribution in [1.29, 1.82) is 5.26 Å². The van der Waals surface area contributed by atoms with Crippen LogP contribution in [0.1, 0.15) is 37.7 Å². The summed E-state index contributed by atoms with van der Waals surface area (Å²) < 4.78 is 59.4. The smallest absolute Gasteiger partial charge is 0.319 e. The quantitative estimate of drug-likeness (QED) is 0.288. The Balaban J connectivity index is 1.36. The number of benzene rings is 2. The number of nitrogens with two attached hydrogens (primary N) is 1. The Kier molecular flexibility index (Phi) is 7.50. The molecule has 3 fully saturated rings. The van der Waals surface area contributed by atoms with Crippen LogP contribution in [0, 0.1) is 23.0 Å². The Morgan fingerprint density at radius 3 is 2.90 bits per heavy atom. The topological polar surface area (TPSA) is 121 Å². The van der Waals surface area contributed by atoms with Gasteiger partial charge in [0.05, 0.1) is 32.8 Å². The number of likely N-dealkylation sites (N-methyl/N-ethyl adjacent to an activating group) is 1. The van der Waals surface area contributed by atoms with Crippen molar-refractivity contribution in [3.8, 4) is 29.0 Å². The van der Waals surface area contributed by atoms with Crippen LogP contribution in [0.25, 0.3) is 32.1 Å². The molecule has 4 aromatic rings. The van der Waals surface area contributed by atoms with Crippen LogP contribution in [0.15, 0.2) is 12.1 Å². The highest BCUT2D eigenvalue weighted by Crippen LogP contribution is 2.51. The van der Waals surface area contributed by atoms with Gasteiger partial charge < -0.3 is 25.0 Å². The number of anilines is 2. The molecular weight excluding hydrogens is 667 g/mol. The van der Waals surface area contributed by atoms with Crippen LogP contribution in [0.2, 0.25) is 5.02 Å². The molecule has 0 spiro atoms. The lowest BCUT2D eigenvalue weighted by atomic mass is 9.95. The van der Waals surface area contributed by atoms with Gasteiger partial charge in [-0.15, -0.1) is 11.3 Å². The van der Waals surface area contributed by atoms with Crippen LogP contribution in [0.4, 0.5) is 24.0 Å². The average molecular weight is 698 g/mol. The van der Waals surface area contributed by atoms with Gasteiger partial charge in [0.15, 0.2) is 11.6 Å². The van der Waals surface area contributed by atoms with E-state index in [4.69, 9.17) is 31.8 Å². The number of hydrogen-bond acceptors (Lipinski definition) is 10. The number of nitrogen functional groups attached to an aromatic ring is 1. The van der Waals surface area contributed by atoms with Crippen LogP contribution in [-0.4, -0.2) is 89.9 Å². The van der Waals surface area contributed by atoms with Gasteiger partial charge in [-0.05, 0) is 31.0 Å². The Bertz CT molecular complexity index is 2060. The highest BCUT2D eigenvalue weighted by molar-refractivity contribution is 7.23. The van der Waals surface area contributed by atoms with Crippen molar-refractivity contribution < 1.29 is 27.4 Å². The number of alkyl halides is 1. The zero-order valence-corrected chi connectivity index (χ0v) is 27.6. The number of nitriles is 1. The van der Waals surface area contributed by atoms with E-state index in [-0.39, 0.29) is 91.0 Å². The summed E-state index contributed by atoms with van der Waals surface area (Å²) in [5.41, 5.74) is 5.48. The third-order valence-corrected chi connectivity index (χ3v) is 11.7. The van der Waals surface area contributed by atoms with E-state index in [0.29, 0.717) is 38.3 Å². The largest absolute Gasteiger partial charge is 0.491 e. The lowest BCUT2D eigenvalue weighted by Gasteiger charge is -2.34. The molecule has 0 radical (unpaired) electrons. The molecule has 4 aliphatic rings. The summed E-state index contributed by atoms with van der Waals surface area (Å²) in [5.74, 6) is -1.05. The molecule has 4 aliphatic heterocycles. The first-order valence-corrected chi connectivity index (χ1v) is 17.1. The van der Waals surface area contributed by atoms with Crippen LogP contribution in [0.3, 0.4) is 0 Å². The molecule has 0 saturated carbocycles. The number of fused-ring (bicyclic) bond motifs is 4. The molecule has 0 aliphatic carbocycles. The van der Waals surface area contributed by atoms with Crippen molar-refractivity contribution in [2.24, 2.45) is 0 Å². The van der Waals surface area contributed by atoms with Gasteiger partial charge in [0.2, 0.25) is 5.91 Å². The molecular formula is C33H31ClF3N7O3S. The van der Waals surface area contributed by atoms with E-state index in [1.807, 2.05) is 11.0 Å². The monoisotopic (exact) mass is 697 g/mol. The van der Waals surface area contributed by atoms with E-state index in [0.717, 1.165) is 30.7 Å². The molecule has 6 heterocycles. The fourth-order valence-electron chi connectivity index (χ4n) is 7.90. The molecule has 2 aromatic heterocycles. The SMILES string of the molecule is CN1CCN2c3nc(OC[C@@]45CCCN4C[C@H](F)C5)nc4c(F)c(-c5ccc(F)c6sc(N)c(C#N)c56)c(Cl)c(c34)OCCC2CC1=O. The molecule has 15 heteroatoms. The zero-order chi connectivity index (χ0) is 33.5. The Hall–Kier alpha value is -4.06. The Labute approximate surface area is 282 Å². The second kappa shape index (κ2) is 11.5. The standard InChI is InChI=1S/C33H31ClF3N7O3S/c1-42-8-9-44-17(11-21(42)45)5-10-46-28-24-27(40-32(41-31(24)44)47-15-33-6-2-7-43(33)14-16(35)12-33)26(37)23(25(28)34)18-3-4-20(36)29-22(18)19(13-38)30(39)48-29/h3-4,16-17H,2,5-12,14-15,39H2,1H3/t16-,17?,33+/m1/s1. The van der Waals surface area contributed by atoms with Crippen LogP contribution in [0.5, 0.6) is 11.8 Å². The van der Waals surface area contributed by atoms with Gasteiger partial charge in [-0.25, -0.2) is 13.2 Å². The maximum atomic E-state index is 17.2. The number of carbonyl (C=O) groups is 1. The predicted octanol–water partition coefficient (Wildman–Crippen LogP) is 5.67. The first-order chi connectivity index (χ1) is 23.1. The van der Waals surface area contributed by atoms with E-state index >= 15 is 4.39 Å². The molecule has 0 bridgehead atoms. The highest BCUT2D eigenvalue weighted by atomic mass is 35.5. The first kappa shape index (κ1) is 31.2. The number of amides is 1. The van der Waals surface area contributed by atoms with Crippen LogP contribution >= 0.6 is 22.9 Å². The van der Waals surface area contributed by atoms with E-state index in [9.17, 15) is 18.8 Å². The molecule has 48 heavy (non-hydrogen) atoms. The predicted molar refractivity (Wildman–Crippen MR) is 176 cm³/mol. The summed E-state index contributed by atoms with van der Waals surface area (Å²) in [4.78, 5) is 28.0. The van der Waals surface area contributed by atoms with E-state index in [1.165, 1.54) is 12.1 Å². The maximum Gasteiger partial charge on any atom is 0.319 e. The van der Waals surface area contributed by atoms with Crippen molar-refractivity contribution in [3.05, 3.63) is 34.4 Å². The zero-order valence-electron chi connectivity index (χ0n) is 26.0. The Morgan fingerprint density at radius 1 is 1.25 bits per heavy atom. The number of thiophene rings is 1. The second-order valence-corrected chi connectivity index (χ2v) is 14.4. The molecule has 3 saturated heterocycles. The minimum atomic E-state index is -0.967. The third-order valence-electron chi connectivity index (χ3n) is 10.3. The first-order valence-electron chi connectivity index (χ1n) is 15.9. The van der Waals surface area contributed by atoms with Crippen molar-refractivity contribution in [1.82, 2.24) is 19.8 Å². The normalized spacial score (nSPS) is 24.2. The van der Waals surface area contributed by atoms with Crippen molar-refractivity contribution >= 4 is 60.7 Å². The third kappa shape index (κ3) is 4.73. The van der Waals surface area contributed by atoms with Gasteiger partial charge in [0.1, 0.15) is 41.0 Å². The fraction of sp³-hybridized carbons (Fsp3) is 0.455. The summed E-state index contributed by atoms with van der Waals surface area (Å²) in [6.07, 6.45) is 1.68. The van der Waals surface area contributed by atoms with E-state index in [2.05, 4.69) is 9.88 Å². The molecule has 1 unspecified atom stereocenters. The van der Waals surface area contributed by atoms with Gasteiger partial charge in [0, 0.05) is 62.9 Å². The van der Waals surface area contributed by atoms with Gasteiger partial charge >= 0.3 is 6.01 Å².